The van der Waals surface area contributed by atoms with Crippen molar-refractivity contribution in [2.75, 3.05) is 0 Å². The summed E-state index contributed by atoms with van der Waals surface area (Å²) in [6.07, 6.45) is 0. The minimum absolute atomic E-state index is 0.0194. The van der Waals surface area contributed by atoms with Gasteiger partial charge in [0.2, 0.25) is 11.0 Å². The molecule has 0 bridgehead atoms. The van der Waals surface area contributed by atoms with E-state index in [2.05, 4.69) is 16.0 Å². The van der Waals surface area contributed by atoms with Crippen LogP contribution >= 0.6 is 11.6 Å². The van der Waals surface area contributed by atoms with E-state index in [-0.39, 0.29) is 11.0 Å². The van der Waals surface area contributed by atoms with E-state index in [1.54, 1.807) is 0 Å². The van der Waals surface area contributed by atoms with Crippen LogP contribution in [-0.2, 0) is 0 Å². The Morgan fingerprint density at radius 1 is 0.759 bits per heavy atom. The fourth-order valence-electron chi connectivity index (χ4n) is 3.92. The van der Waals surface area contributed by atoms with Crippen LogP contribution in [0.2, 0.25) is 5.28 Å². The van der Waals surface area contributed by atoms with E-state index in [4.69, 9.17) is 20.4 Å². The standard InChI is InChI=1S/C23H10ClN3O2/c24-23-26-17(11-25)19-16-9-4-8-15(21(16)29-22(19)27-23)14-7-3-6-13-12-5-1-2-10-18(12)28-20(13)14/h1-10H. The molecule has 136 valence electrons. The maximum atomic E-state index is 9.49. The summed E-state index contributed by atoms with van der Waals surface area (Å²) < 4.78 is 12.2. The van der Waals surface area contributed by atoms with Gasteiger partial charge in [0.15, 0.2) is 5.69 Å². The van der Waals surface area contributed by atoms with Gasteiger partial charge in [0.25, 0.3) is 0 Å². The second kappa shape index (κ2) is 5.81. The first-order valence-electron chi connectivity index (χ1n) is 8.94. The molecule has 0 amide bonds. The molecule has 0 fully saturated rings. The van der Waals surface area contributed by atoms with Gasteiger partial charge >= 0.3 is 0 Å². The fraction of sp³-hybridized carbons (Fsp3) is 0. The highest BCUT2D eigenvalue weighted by molar-refractivity contribution is 6.29. The summed E-state index contributed by atoms with van der Waals surface area (Å²) in [5.74, 6) is 0. The molecule has 0 spiro atoms. The Bertz CT molecular complexity index is 1640. The molecule has 0 N–H and O–H groups in total. The summed E-state index contributed by atoms with van der Waals surface area (Å²) in [5, 5.41) is 12.9. The van der Waals surface area contributed by atoms with Crippen molar-refractivity contribution in [3.63, 3.8) is 0 Å². The van der Waals surface area contributed by atoms with E-state index in [1.165, 1.54) is 0 Å². The van der Waals surface area contributed by atoms with E-state index < -0.39 is 0 Å². The largest absolute Gasteiger partial charge is 0.455 e. The predicted molar refractivity (Wildman–Crippen MR) is 112 cm³/mol. The van der Waals surface area contributed by atoms with Crippen LogP contribution in [0.15, 0.2) is 69.5 Å². The molecular formula is C23H10ClN3O2. The zero-order chi connectivity index (χ0) is 19.5. The number of halogens is 1. The van der Waals surface area contributed by atoms with E-state index >= 15 is 0 Å². The SMILES string of the molecule is N#Cc1nc(Cl)nc2oc3c(-c4cccc5c4oc4ccccc45)cccc3c12. The molecule has 0 aliphatic carbocycles. The zero-order valence-electron chi connectivity index (χ0n) is 14.8. The Morgan fingerprint density at radius 2 is 1.45 bits per heavy atom. The number of aromatic nitrogens is 2. The summed E-state index contributed by atoms with van der Waals surface area (Å²) >= 11 is 5.96. The maximum absolute atomic E-state index is 9.49. The van der Waals surface area contributed by atoms with Gasteiger partial charge in [-0.15, -0.1) is 0 Å². The summed E-state index contributed by atoms with van der Waals surface area (Å²) in [6, 6.07) is 21.8. The van der Waals surface area contributed by atoms with Crippen molar-refractivity contribution in [1.29, 1.82) is 5.26 Å². The molecule has 0 aliphatic rings. The van der Waals surface area contributed by atoms with Gasteiger partial charge in [-0.2, -0.15) is 10.2 Å². The lowest BCUT2D eigenvalue weighted by atomic mass is 10.00. The second-order valence-corrected chi connectivity index (χ2v) is 7.04. The molecule has 6 rings (SSSR count). The first-order valence-corrected chi connectivity index (χ1v) is 9.32. The van der Waals surface area contributed by atoms with Crippen molar-refractivity contribution in [2.24, 2.45) is 0 Å². The summed E-state index contributed by atoms with van der Waals surface area (Å²) in [5.41, 5.74) is 4.47. The number of hydrogen-bond acceptors (Lipinski definition) is 5. The quantitative estimate of drug-likeness (QED) is 0.298. The minimum Gasteiger partial charge on any atom is -0.455 e. The molecule has 0 saturated heterocycles. The highest BCUT2D eigenvalue weighted by Gasteiger charge is 2.20. The number of fused-ring (bicyclic) bond motifs is 6. The number of para-hydroxylation sites is 3. The van der Waals surface area contributed by atoms with Gasteiger partial charge in [0, 0.05) is 27.3 Å². The van der Waals surface area contributed by atoms with Gasteiger partial charge in [0.1, 0.15) is 22.8 Å². The van der Waals surface area contributed by atoms with Crippen molar-refractivity contribution >= 4 is 55.6 Å². The van der Waals surface area contributed by atoms with Crippen molar-refractivity contribution in [3.05, 3.63) is 71.6 Å². The number of nitrogens with zero attached hydrogens (tertiary/aromatic N) is 3. The lowest BCUT2D eigenvalue weighted by Gasteiger charge is -2.03. The molecule has 3 aromatic carbocycles. The molecule has 0 radical (unpaired) electrons. The molecule has 0 atom stereocenters. The van der Waals surface area contributed by atoms with Crippen LogP contribution in [0.1, 0.15) is 5.69 Å². The van der Waals surface area contributed by atoms with E-state index in [0.29, 0.717) is 16.7 Å². The average Bonchev–Trinajstić information content (AvgIpc) is 3.31. The number of furan rings is 2. The lowest BCUT2D eigenvalue weighted by molar-refractivity contribution is 0.652. The molecule has 0 saturated carbocycles. The minimum atomic E-state index is -0.0194. The normalized spacial score (nSPS) is 11.6. The molecule has 3 aromatic heterocycles. The first-order chi connectivity index (χ1) is 14.2. The third-order valence-electron chi connectivity index (χ3n) is 5.13. The molecule has 6 aromatic rings. The summed E-state index contributed by atoms with van der Waals surface area (Å²) in [6.45, 7) is 0. The van der Waals surface area contributed by atoms with Crippen LogP contribution in [0, 0.1) is 11.3 Å². The Kier molecular flexibility index (Phi) is 3.23. The fourth-order valence-corrected chi connectivity index (χ4v) is 4.08. The highest BCUT2D eigenvalue weighted by Crippen LogP contribution is 2.41. The van der Waals surface area contributed by atoms with Gasteiger partial charge in [-0.25, -0.2) is 4.98 Å². The van der Waals surface area contributed by atoms with Gasteiger partial charge in [0.05, 0.1) is 5.39 Å². The Morgan fingerprint density at radius 3 is 2.24 bits per heavy atom. The van der Waals surface area contributed by atoms with Crippen molar-refractivity contribution in [2.45, 2.75) is 0 Å². The smallest absolute Gasteiger partial charge is 0.233 e. The molecule has 5 nitrogen and oxygen atoms in total. The second-order valence-electron chi connectivity index (χ2n) is 6.70. The number of nitriles is 1. The third-order valence-corrected chi connectivity index (χ3v) is 5.30. The topological polar surface area (TPSA) is 75.8 Å². The van der Waals surface area contributed by atoms with E-state index in [9.17, 15) is 5.26 Å². The van der Waals surface area contributed by atoms with Gasteiger partial charge < -0.3 is 8.83 Å². The van der Waals surface area contributed by atoms with Crippen LogP contribution in [0.4, 0.5) is 0 Å². The Labute approximate surface area is 168 Å². The number of benzene rings is 3. The van der Waals surface area contributed by atoms with E-state index in [1.807, 2.05) is 60.7 Å². The highest BCUT2D eigenvalue weighted by atomic mass is 35.5. The van der Waals surface area contributed by atoms with Crippen molar-refractivity contribution in [3.8, 4) is 17.2 Å². The molecule has 6 heteroatoms. The average molecular weight is 396 g/mol. The van der Waals surface area contributed by atoms with E-state index in [0.717, 1.165) is 38.5 Å². The number of hydrogen-bond donors (Lipinski definition) is 0. The third kappa shape index (κ3) is 2.21. The summed E-state index contributed by atoms with van der Waals surface area (Å²) in [4.78, 5) is 8.20. The van der Waals surface area contributed by atoms with Crippen LogP contribution < -0.4 is 0 Å². The monoisotopic (exact) mass is 395 g/mol. The Hall–Kier alpha value is -3.88. The van der Waals surface area contributed by atoms with Crippen molar-refractivity contribution < 1.29 is 8.83 Å². The van der Waals surface area contributed by atoms with Crippen LogP contribution in [0.5, 0.6) is 0 Å². The van der Waals surface area contributed by atoms with Crippen molar-refractivity contribution in [1.82, 2.24) is 9.97 Å². The lowest BCUT2D eigenvalue weighted by Crippen LogP contribution is -1.88. The van der Waals surface area contributed by atoms with Crippen LogP contribution in [-0.4, -0.2) is 9.97 Å². The molecule has 0 unspecified atom stereocenters. The van der Waals surface area contributed by atoms with Crippen LogP contribution in [0.25, 0.3) is 55.1 Å². The Balaban J connectivity index is 1.75. The number of rotatable bonds is 1. The van der Waals surface area contributed by atoms with Gasteiger partial charge in [-0.05, 0) is 17.7 Å². The predicted octanol–water partition coefficient (Wildman–Crippen LogP) is 6.47. The first kappa shape index (κ1) is 16.1. The summed E-state index contributed by atoms with van der Waals surface area (Å²) in [7, 11) is 0. The van der Waals surface area contributed by atoms with Crippen LogP contribution in [0.3, 0.4) is 0 Å². The molecular weight excluding hydrogens is 386 g/mol. The molecule has 3 heterocycles. The van der Waals surface area contributed by atoms with Gasteiger partial charge in [-0.1, -0.05) is 54.6 Å². The zero-order valence-corrected chi connectivity index (χ0v) is 15.6. The van der Waals surface area contributed by atoms with Gasteiger partial charge in [-0.3, -0.25) is 0 Å². The maximum Gasteiger partial charge on any atom is 0.233 e. The molecule has 29 heavy (non-hydrogen) atoms. The molecule has 0 aliphatic heterocycles.